The molecule has 0 aliphatic rings. The fourth-order valence-corrected chi connectivity index (χ4v) is 4.23. The molecule has 0 spiro atoms. The van der Waals surface area contributed by atoms with E-state index in [1.54, 1.807) is 12.1 Å². The van der Waals surface area contributed by atoms with Crippen molar-refractivity contribution in [3.63, 3.8) is 0 Å². The van der Waals surface area contributed by atoms with E-state index in [2.05, 4.69) is 30.4 Å². The standard InChI is InChI=1S/C29H17FN6O2/c1-16-5-6-17-8-11-22(31-24(17)13-16)28-35-33-26(37-28)19-3-2-4-20(14-19)27-34-36-29(38-27)23-12-9-18-7-10-21(30)15-25(18)32-23/h2-15H,1H3. The van der Waals surface area contributed by atoms with Crippen molar-refractivity contribution in [3.8, 4) is 46.1 Å². The number of fused-ring (bicyclic) bond motifs is 2. The van der Waals surface area contributed by atoms with Gasteiger partial charge in [0.1, 0.15) is 17.2 Å². The van der Waals surface area contributed by atoms with Gasteiger partial charge < -0.3 is 8.83 Å². The zero-order valence-corrected chi connectivity index (χ0v) is 20.0. The Morgan fingerprint density at radius 3 is 1.71 bits per heavy atom. The fraction of sp³-hybridized carbons (Fsp3) is 0.0345. The van der Waals surface area contributed by atoms with Gasteiger partial charge in [0.15, 0.2) is 0 Å². The minimum Gasteiger partial charge on any atom is -0.415 e. The predicted molar refractivity (Wildman–Crippen MR) is 139 cm³/mol. The van der Waals surface area contributed by atoms with Crippen molar-refractivity contribution in [1.82, 2.24) is 30.4 Å². The van der Waals surface area contributed by atoms with Crippen molar-refractivity contribution < 1.29 is 13.2 Å². The van der Waals surface area contributed by atoms with E-state index in [1.807, 2.05) is 67.6 Å². The minimum absolute atomic E-state index is 0.231. The molecule has 8 nitrogen and oxygen atoms in total. The highest BCUT2D eigenvalue weighted by Crippen LogP contribution is 2.29. The van der Waals surface area contributed by atoms with Crippen LogP contribution in [0, 0.1) is 12.7 Å². The first-order valence-electron chi connectivity index (χ1n) is 11.8. The van der Waals surface area contributed by atoms with E-state index < -0.39 is 0 Å². The maximum absolute atomic E-state index is 13.6. The van der Waals surface area contributed by atoms with Gasteiger partial charge >= 0.3 is 0 Å². The molecule has 0 unspecified atom stereocenters. The molecule has 4 heterocycles. The van der Waals surface area contributed by atoms with Crippen molar-refractivity contribution in [2.24, 2.45) is 0 Å². The van der Waals surface area contributed by atoms with Gasteiger partial charge in [0, 0.05) is 28.0 Å². The summed E-state index contributed by atoms with van der Waals surface area (Å²) in [7, 11) is 0. The molecule has 0 amide bonds. The molecular formula is C29H17FN6O2. The second-order valence-electron chi connectivity index (χ2n) is 8.83. The van der Waals surface area contributed by atoms with Crippen molar-refractivity contribution in [2.75, 3.05) is 0 Å². The lowest BCUT2D eigenvalue weighted by molar-refractivity contribution is 0.580. The number of nitrogens with zero attached hydrogens (tertiary/aromatic N) is 6. The Bertz CT molecular complexity index is 1840. The predicted octanol–water partition coefficient (Wildman–Crippen LogP) is 6.66. The molecule has 0 fully saturated rings. The van der Waals surface area contributed by atoms with Gasteiger partial charge in [0.2, 0.25) is 11.8 Å². The number of aryl methyl sites for hydroxylation is 1. The number of pyridine rings is 2. The Balaban J connectivity index is 1.19. The molecule has 0 aliphatic heterocycles. The van der Waals surface area contributed by atoms with E-state index in [0.717, 1.165) is 21.9 Å². The van der Waals surface area contributed by atoms with Crippen LogP contribution in [0.15, 0.2) is 93.8 Å². The van der Waals surface area contributed by atoms with Gasteiger partial charge in [-0.15, -0.1) is 20.4 Å². The summed E-state index contributed by atoms with van der Waals surface area (Å²) in [6.45, 7) is 2.03. The quantitative estimate of drug-likeness (QED) is 0.264. The fourth-order valence-electron chi connectivity index (χ4n) is 4.23. The molecule has 0 radical (unpaired) electrons. The third-order valence-electron chi connectivity index (χ3n) is 6.15. The Morgan fingerprint density at radius 2 is 1.08 bits per heavy atom. The summed E-state index contributed by atoms with van der Waals surface area (Å²) in [5.41, 5.74) is 4.92. The summed E-state index contributed by atoms with van der Waals surface area (Å²) >= 11 is 0. The van der Waals surface area contributed by atoms with E-state index in [0.29, 0.717) is 45.7 Å². The topological polar surface area (TPSA) is 104 Å². The maximum Gasteiger partial charge on any atom is 0.266 e. The van der Waals surface area contributed by atoms with Crippen molar-refractivity contribution in [2.45, 2.75) is 6.92 Å². The van der Waals surface area contributed by atoms with E-state index in [1.165, 1.54) is 12.1 Å². The minimum atomic E-state index is -0.360. The SMILES string of the molecule is Cc1ccc2ccc(-c3nnc(-c4cccc(-c5nnc(-c6ccc7ccc(F)cc7n6)o5)c4)o3)nc2c1. The highest BCUT2D eigenvalue weighted by atomic mass is 19.1. The van der Waals surface area contributed by atoms with Crippen LogP contribution in [-0.2, 0) is 0 Å². The van der Waals surface area contributed by atoms with Crippen LogP contribution < -0.4 is 0 Å². The summed E-state index contributed by atoms with van der Waals surface area (Å²) in [4.78, 5) is 9.14. The van der Waals surface area contributed by atoms with E-state index in [9.17, 15) is 4.39 Å². The van der Waals surface area contributed by atoms with Crippen molar-refractivity contribution in [1.29, 1.82) is 0 Å². The van der Waals surface area contributed by atoms with Crippen LogP contribution in [0.4, 0.5) is 4.39 Å². The molecule has 7 aromatic rings. The summed E-state index contributed by atoms with van der Waals surface area (Å²) < 4.78 is 25.5. The number of hydrogen-bond acceptors (Lipinski definition) is 8. The van der Waals surface area contributed by atoms with E-state index >= 15 is 0 Å². The molecule has 4 aromatic heterocycles. The molecule has 182 valence electrons. The van der Waals surface area contributed by atoms with Gasteiger partial charge in [-0.05, 0) is 61.0 Å². The lowest BCUT2D eigenvalue weighted by Crippen LogP contribution is -1.86. The Kier molecular flexibility index (Phi) is 5.00. The third kappa shape index (κ3) is 3.96. The van der Waals surface area contributed by atoms with Gasteiger partial charge in [-0.3, -0.25) is 0 Å². The monoisotopic (exact) mass is 500 g/mol. The third-order valence-corrected chi connectivity index (χ3v) is 6.15. The van der Waals surface area contributed by atoms with Crippen LogP contribution in [0.5, 0.6) is 0 Å². The van der Waals surface area contributed by atoms with Crippen LogP contribution in [0.1, 0.15) is 5.56 Å². The highest BCUT2D eigenvalue weighted by molar-refractivity contribution is 5.82. The second kappa shape index (κ2) is 8.67. The molecule has 0 atom stereocenters. The van der Waals surface area contributed by atoms with Crippen molar-refractivity contribution in [3.05, 3.63) is 96.3 Å². The number of rotatable bonds is 4. The largest absolute Gasteiger partial charge is 0.415 e. The molecule has 9 heteroatoms. The first kappa shape index (κ1) is 21.9. The summed E-state index contributed by atoms with van der Waals surface area (Å²) in [6.07, 6.45) is 0. The zero-order valence-electron chi connectivity index (χ0n) is 20.0. The molecule has 7 rings (SSSR count). The van der Waals surface area contributed by atoms with Crippen LogP contribution in [-0.4, -0.2) is 30.4 Å². The lowest BCUT2D eigenvalue weighted by atomic mass is 10.1. The highest BCUT2D eigenvalue weighted by Gasteiger charge is 2.16. The summed E-state index contributed by atoms with van der Waals surface area (Å²) in [6, 6.07) is 25.3. The van der Waals surface area contributed by atoms with E-state index in [-0.39, 0.29) is 11.7 Å². The second-order valence-corrected chi connectivity index (χ2v) is 8.83. The molecule has 3 aromatic carbocycles. The number of benzene rings is 3. The van der Waals surface area contributed by atoms with Crippen LogP contribution in [0.2, 0.25) is 0 Å². The molecule has 0 N–H and O–H groups in total. The number of halogens is 1. The molecular weight excluding hydrogens is 483 g/mol. The summed E-state index contributed by atoms with van der Waals surface area (Å²) in [5, 5.41) is 18.6. The zero-order chi connectivity index (χ0) is 25.6. The Morgan fingerprint density at radius 1 is 0.553 bits per heavy atom. The summed E-state index contributed by atoms with van der Waals surface area (Å²) in [5.74, 6) is 0.836. The average Bonchev–Trinajstić information content (AvgIpc) is 3.63. The van der Waals surface area contributed by atoms with Gasteiger partial charge in [-0.2, -0.15) is 0 Å². The first-order chi connectivity index (χ1) is 18.6. The molecule has 38 heavy (non-hydrogen) atoms. The molecule has 0 saturated carbocycles. The number of hydrogen-bond donors (Lipinski definition) is 0. The van der Waals surface area contributed by atoms with Gasteiger partial charge in [0.05, 0.1) is 11.0 Å². The normalized spacial score (nSPS) is 11.4. The maximum atomic E-state index is 13.6. The average molecular weight is 500 g/mol. The van der Waals surface area contributed by atoms with Crippen molar-refractivity contribution >= 4 is 21.8 Å². The van der Waals surface area contributed by atoms with Gasteiger partial charge in [-0.1, -0.05) is 30.3 Å². The first-order valence-corrected chi connectivity index (χ1v) is 11.8. The molecule has 0 saturated heterocycles. The van der Waals surface area contributed by atoms with Gasteiger partial charge in [0.25, 0.3) is 11.8 Å². The van der Waals surface area contributed by atoms with Gasteiger partial charge in [-0.25, -0.2) is 14.4 Å². The van der Waals surface area contributed by atoms with Crippen LogP contribution in [0.25, 0.3) is 67.9 Å². The van der Waals surface area contributed by atoms with Crippen LogP contribution >= 0.6 is 0 Å². The Labute approximate surface area is 214 Å². The number of aromatic nitrogens is 6. The van der Waals surface area contributed by atoms with Crippen LogP contribution in [0.3, 0.4) is 0 Å². The molecule has 0 bridgehead atoms. The Hall–Kier alpha value is -5.31. The smallest absolute Gasteiger partial charge is 0.266 e. The molecule has 0 aliphatic carbocycles. The lowest BCUT2D eigenvalue weighted by Gasteiger charge is -2.01. The van der Waals surface area contributed by atoms with E-state index in [4.69, 9.17) is 8.83 Å².